The van der Waals surface area contributed by atoms with Crippen molar-refractivity contribution in [2.45, 2.75) is 89.6 Å². The maximum atomic E-state index is 4.76. The molecule has 3 nitrogen and oxygen atoms in total. The number of hydrogen-bond donors (Lipinski definition) is 1. The summed E-state index contributed by atoms with van der Waals surface area (Å²) < 4.78 is 2.43. The van der Waals surface area contributed by atoms with Crippen LogP contribution in [-0.4, -0.2) is 15.6 Å². The van der Waals surface area contributed by atoms with Crippen LogP contribution in [0.4, 0.5) is 5.95 Å². The third-order valence-corrected chi connectivity index (χ3v) is 5.01. The predicted octanol–water partition coefficient (Wildman–Crippen LogP) is 4.83. The van der Waals surface area contributed by atoms with E-state index in [1.807, 2.05) is 0 Å². The summed E-state index contributed by atoms with van der Waals surface area (Å²) in [5.41, 5.74) is 1.16. The summed E-state index contributed by atoms with van der Waals surface area (Å²) in [4.78, 5) is 4.76. The van der Waals surface area contributed by atoms with E-state index in [-0.39, 0.29) is 0 Å². The van der Waals surface area contributed by atoms with Gasteiger partial charge in [-0.3, -0.25) is 0 Å². The first-order valence-corrected chi connectivity index (χ1v) is 8.65. The Morgan fingerprint density at radius 2 is 1.55 bits per heavy atom. The van der Waals surface area contributed by atoms with Gasteiger partial charge in [0.25, 0.3) is 0 Å². The van der Waals surface area contributed by atoms with Gasteiger partial charge >= 0.3 is 0 Å². The van der Waals surface area contributed by atoms with Gasteiger partial charge in [0.15, 0.2) is 0 Å². The van der Waals surface area contributed by atoms with Crippen molar-refractivity contribution in [3.8, 4) is 0 Å². The number of imidazole rings is 1. The van der Waals surface area contributed by atoms with Gasteiger partial charge in [-0.2, -0.15) is 0 Å². The normalized spacial score (nSPS) is 22.6. The molecular weight excluding hydrogens is 246 g/mol. The van der Waals surface area contributed by atoms with Gasteiger partial charge in [-0.1, -0.05) is 44.9 Å². The third-order valence-electron chi connectivity index (χ3n) is 5.01. The molecule has 2 aliphatic carbocycles. The Labute approximate surface area is 123 Å². The van der Waals surface area contributed by atoms with E-state index in [1.165, 1.54) is 70.6 Å². The first kappa shape index (κ1) is 14.0. The summed E-state index contributed by atoms with van der Waals surface area (Å²) in [5.74, 6) is 1.14. The highest BCUT2D eigenvalue weighted by Crippen LogP contribution is 2.32. The number of nitrogens with zero attached hydrogens (tertiary/aromatic N) is 2. The Morgan fingerprint density at radius 1 is 0.950 bits per heavy atom. The van der Waals surface area contributed by atoms with E-state index in [0.29, 0.717) is 12.1 Å². The standard InChI is InChI=1S/C17H29N3/c1-14-13-20(16-11-7-8-12-16)17(18-14)19-15-9-5-3-2-4-6-10-15/h13,15-16H,2-12H2,1H3,(H,18,19). The second-order valence-corrected chi connectivity index (χ2v) is 6.74. The molecule has 0 bridgehead atoms. The minimum atomic E-state index is 0.636. The first-order valence-electron chi connectivity index (χ1n) is 8.65. The molecule has 20 heavy (non-hydrogen) atoms. The molecule has 3 rings (SSSR count). The van der Waals surface area contributed by atoms with E-state index in [9.17, 15) is 0 Å². The summed E-state index contributed by atoms with van der Waals surface area (Å²) in [6, 6.07) is 1.32. The van der Waals surface area contributed by atoms with Gasteiger partial charge in [-0.05, 0) is 32.6 Å². The third kappa shape index (κ3) is 3.36. The highest BCUT2D eigenvalue weighted by Gasteiger charge is 2.21. The van der Waals surface area contributed by atoms with E-state index < -0.39 is 0 Å². The predicted molar refractivity (Wildman–Crippen MR) is 84.2 cm³/mol. The molecule has 1 aromatic rings. The van der Waals surface area contributed by atoms with Crippen LogP contribution >= 0.6 is 0 Å². The second kappa shape index (κ2) is 6.64. The fourth-order valence-corrected chi connectivity index (χ4v) is 3.87. The molecule has 0 radical (unpaired) electrons. The Balaban J connectivity index is 1.68. The number of anilines is 1. The van der Waals surface area contributed by atoms with Gasteiger partial charge < -0.3 is 9.88 Å². The molecule has 0 amide bonds. The maximum Gasteiger partial charge on any atom is 0.203 e. The average molecular weight is 275 g/mol. The van der Waals surface area contributed by atoms with Crippen molar-refractivity contribution in [2.75, 3.05) is 5.32 Å². The Kier molecular flexibility index (Phi) is 4.64. The number of rotatable bonds is 3. The van der Waals surface area contributed by atoms with Crippen LogP contribution in [-0.2, 0) is 0 Å². The Morgan fingerprint density at radius 3 is 2.25 bits per heavy atom. The molecule has 0 saturated heterocycles. The maximum absolute atomic E-state index is 4.76. The van der Waals surface area contributed by atoms with Crippen LogP contribution in [0.1, 0.15) is 82.4 Å². The number of aryl methyl sites for hydroxylation is 1. The summed E-state index contributed by atoms with van der Waals surface area (Å²) in [6.07, 6.45) is 17.3. The summed E-state index contributed by atoms with van der Waals surface area (Å²) >= 11 is 0. The van der Waals surface area contributed by atoms with Crippen molar-refractivity contribution >= 4 is 5.95 Å². The van der Waals surface area contributed by atoms with Crippen LogP contribution in [0.3, 0.4) is 0 Å². The fourth-order valence-electron chi connectivity index (χ4n) is 3.87. The topological polar surface area (TPSA) is 29.9 Å². The van der Waals surface area contributed by atoms with Crippen molar-refractivity contribution in [3.05, 3.63) is 11.9 Å². The van der Waals surface area contributed by atoms with E-state index >= 15 is 0 Å². The lowest BCUT2D eigenvalue weighted by Gasteiger charge is -2.23. The number of aromatic nitrogens is 2. The van der Waals surface area contributed by atoms with Gasteiger partial charge in [0.2, 0.25) is 5.95 Å². The molecule has 2 fully saturated rings. The van der Waals surface area contributed by atoms with Crippen molar-refractivity contribution in [2.24, 2.45) is 0 Å². The zero-order chi connectivity index (χ0) is 13.8. The smallest absolute Gasteiger partial charge is 0.203 e. The molecule has 0 aromatic carbocycles. The summed E-state index contributed by atoms with van der Waals surface area (Å²) in [5, 5.41) is 3.77. The van der Waals surface area contributed by atoms with E-state index in [0.717, 1.165) is 11.6 Å². The van der Waals surface area contributed by atoms with Gasteiger partial charge in [0.1, 0.15) is 0 Å². The lowest BCUT2D eigenvalue weighted by Crippen LogP contribution is -2.23. The van der Waals surface area contributed by atoms with Gasteiger partial charge in [0.05, 0.1) is 5.69 Å². The van der Waals surface area contributed by atoms with Crippen LogP contribution in [0, 0.1) is 6.92 Å². The summed E-state index contributed by atoms with van der Waals surface area (Å²) in [7, 11) is 0. The van der Waals surface area contributed by atoms with Crippen molar-refractivity contribution in [3.63, 3.8) is 0 Å². The Bertz CT molecular complexity index is 410. The molecular formula is C17H29N3. The second-order valence-electron chi connectivity index (χ2n) is 6.74. The van der Waals surface area contributed by atoms with Crippen LogP contribution in [0.25, 0.3) is 0 Å². The molecule has 0 spiro atoms. The first-order chi connectivity index (χ1) is 9.83. The highest BCUT2D eigenvalue weighted by molar-refractivity contribution is 5.31. The highest BCUT2D eigenvalue weighted by atomic mass is 15.2. The SMILES string of the molecule is Cc1cn(C2CCCC2)c(NC2CCCCCCC2)n1. The van der Waals surface area contributed by atoms with Gasteiger partial charge in [-0.25, -0.2) is 4.98 Å². The van der Waals surface area contributed by atoms with E-state index in [4.69, 9.17) is 4.98 Å². The molecule has 2 saturated carbocycles. The lowest BCUT2D eigenvalue weighted by molar-refractivity contribution is 0.462. The fraction of sp³-hybridized carbons (Fsp3) is 0.824. The number of hydrogen-bond acceptors (Lipinski definition) is 2. The molecule has 1 aromatic heterocycles. The molecule has 0 atom stereocenters. The monoisotopic (exact) mass is 275 g/mol. The lowest BCUT2D eigenvalue weighted by atomic mass is 9.97. The minimum absolute atomic E-state index is 0.636. The van der Waals surface area contributed by atoms with Crippen LogP contribution in [0.2, 0.25) is 0 Å². The molecule has 2 aliphatic rings. The van der Waals surface area contributed by atoms with Gasteiger partial charge in [-0.15, -0.1) is 0 Å². The van der Waals surface area contributed by atoms with Crippen molar-refractivity contribution in [1.29, 1.82) is 0 Å². The van der Waals surface area contributed by atoms with Crippen molar-refractivity contribution < 1.29 is 0 Å². The minimum Gasteiger partial charge on any atom is -0.353 e. The molecule has 0 aliphatic heterocycles. The molecule has 0 unspecified atom stereocenters. The molecule has 3 heteroatoms. The van der Waals surface area contributed by atoms with Gasteiger partial charge in [0, 0.05) is 18.3 Å². The zero-order valence-corrected chi connectivity index (χ0v) is 12.9. The zero-order valence-electron chi connectivity index (χ0n) is 12.9. The molecule has 1 N–H and O–H groups in total. The van der Waals surface area contributed by atoms with E-state index in [1.54, 1.807) is 0 Å². The molecule has 1 heterocycles. The summed E-state index contributed by atoms with van der Waals surface area (Å²) in [6.45, 7) is 2.12. The van der Waals surface area contributed by atoms with Crippen LogP contribution < -0.4 is 5.32 Å². The Hall–Kier alpha value is -0.990. The van der Waals surface area contributed by atoms with E-state index in [2.05, 4.69) is 23.0 Å². The van der Waals surface area contributed by atoms with Crippen LogP contribution in [0.5, 0.6) is 0 Å². The quantitative estimate of drug-likeness (QED) is 0.856. The average Bonchev–Trinajstić information content (AvgIpc) is 3.01. The number of nitrogens with one attached hydrogen (secondary N) is 1. The molecule has 112 valence electrons. The van der Waals surface area contributed by atoms with Crippen LogP contribution in [0.15, 0.2) is 6.20 Å². The largest absolute Gasteiger partial charge is 0.353 e. The van der Waals surface area contributed by atoms with Crippen molar-refractivity contribution in [1.82, 2.24) is 9.55 Å².